The fourth-order valence-corrected chi connectivity index (χ4v) is 10.1. The van der Waals surface area contributed by atoms with Gasteiger partial charge in [0.05, 0.1) is 12.1 Å². The molecule has 168 valence electrons. The Hall–Kier alpha value is -1.17. The highest BCUT2D eigenvalue weighted by Gasteiger charge is 2.50. The summed E-state index contributed by atoms with van der Waals surface area (Å²) in [6, 6.07) is 23.7. The zero-order chi connectivity index (χ0) is 22.4. The first kappa shape index (κ1) is 24.5. The van der Waals surface area contributed by atoms with E-state index in [-0.39, 0.29) is 0 Å². The lowest BCUT2D eigenvalue weighted by molar-refractivity contribution is 0.227. The molecule has 0 saturated carbocycles. The lowest BCUT2D eigenvalue weighted by atomic mass is 9.92. The van der Waals surface area contributed by atoms with Crippen molar-refractivity contribution in [2.45, 2.75) is 51.9 Å². The molecule has 0 bridgehead atoms. The number of hydrogen-bond donors (Lipinski definition) is 2. The molecule has 0 amide bonds. The highest BCUT2D eigenvalue weighted by atomic mass is 32.7. The van der Waals surface area contributed by atoms with E-state index in [0.29, 0.717) is 29.3 Å². The van der Waals surface area contributed by atoms with Gasteiger partial charge in [0.15, 0.2) is 5.11 Å². The monoisotopic (exact) mass is 474 g/mol. The van der Waals surface area contributed by atoms with Crippen molar-refractivity contribution < 1.29 is 0 Å². The summed E-state index contributed by atoms with van der Waals surface area (Å²) in [7, 11) is 1.33. The Kier molecular flexibility index (Phi) is 9.18. The molecule has 1 fully saturated rings. The number of rotatable bonds is 8. The van der Waals surface area contributed by atoms with Gasteiger partial charge in [-0.3, -0.25) is 0 Å². The lowest BCUT2D eigenvalue weighted by Gasteiger charge is -2.35. The summed E-state index contributed by atoms with van der Waals surface area (Å²) in [6.45, 7) is 10.2. The third-order valence-corrected chi connectivity index (χ3v) is 11.0. The van der Waals surface area contributed by atoms with E-state index in [1.165, 1.54) is 11.1 Å². The lowest BCUT2D eigenvalue weighted by Crippen LogP contribution is -2.34. The summed E-state index contributed by atoms with van der Waals surface area (Å²) in [5.74, 6) is 1.02. The zero-order valence-corrected chi connectivity index (χ0v) is 21.7. The molecule has 1 aliphatic heterocycles. The minimum absolute atomic E-state index is 0.330. The number of benzene rings is 2. The van der Waals surface area contributed by atoms with Gasteiger partial charge >= 0.3 is 0 Å². The Balaban J connectivity index is 1.99. The SMILES string of the molecule is CNC(=S)NCCSP1N(C(C)C)[C@H](c2ccccc2)[C@@H](c2ccccc2)N1C(C)C. The van der Waals surface area contributed by atoms with Crippen molar-refractivity contribution in [1.29, 1.82) is 0 Å². The Morgan fingerprint density at radius 2 is 1.35 bits per heavy atom. The van der Waals surface area contributed by atoms with E-state index >= 15 is 0 Å². The van der Waals surface area contributed by atoms with Crippen molar-refractivity contribution in [1.82, 2.24) is 20.0 Å². The predicted molar refractivity (Wildman–Crippen MR) is 141 cm³/mol. The molecule has 4 nitrogen and oxygen atoms in total. The molecule has 7 heteroatoms. The van der Waals surface area contributed by atoms with Crippen LogP contribution >= 0.6 is 31.0 Å². The van der Waals surface area contributed by atoms with Gasteiger partial charge in [-0.2, -0.15) is 0 Å². The normalized spacial score (nSPS) is 20.5. The van der Waals surface area contributed by atoms with Gasteiger partial charge in [0.2, 0.25) is 0 Å². The van der Waals surface area contributed by atoms with Crippen LogP contribution in [0.2, 0.25) is 0 Å². The highest BCUT2D eigenvalue weighted by Crippen LogP contribution is 2.71. The number of nitrogens with zero attached hydrogens (tertiary/aromatic N) is 2. The van der Waals surface area contributed by atoms with Crippen molar-refractivity contribution in [3.05, 3.63) is 71.8 Å². The molecule has 1 saturated heterocycles. The van der Waals surface area contributed by atoms with Crippen LogP contribution < -0.4 is 10.6 Å². The van der Waals surface area contributed by atoms with Gasteiger partial charge in [0.1, 0.15) is 7.42 Å². The first-order valence-electron chi connectivity index (χ1n) is 11.0. The second kappa shape index (κ2) is 11.6. The van der Waals surface area contributed by atoms with Gasteiger partial charge in [-0.25, -0.2) is 9.34 Å². The molecule has 1 heterocycles. The van der Waals surface area contributed by atoms with E-state index in [1.54, 1.807) is 0 Å². The molecule has 0 aromatic heterocycles. The average molecular weight is 475 g/mol. The maximum absolute atomic E-state index is 5.25. The van der Waals surface area contributed by atoms with Crippen molar-refractivity contribution in [2.75, 3.05) is 19.3 Å². The molecular weight excluding hydrogens is 439 g/mol. The molecule has 0 radical (unpaired) electrons. The Labute approximate surface area is 198 Å². The van der Waals surface area contributed by atoms with E-state index in [4.69, 9.17) is 12.2 Å². The number of thiocarbonyl (C=S) groups is 1. The zero-order valence-electron chi connectivity index (χ0n) is 19.2. The molecular formula is C24H35N4PS2. The van der Waals surface area contributed by atoms with Crippen LogP contribution in [0.5, 0.6) is 0 Å². The largest absolute Gasteiger partial charge is 0.366 e. The van der Waals surface area contributed by atoms with E-state index in [0.717, 1.165) is 12.3 Å². The van der Waals surface area contributed by atoms with Crippen LogP contribution in [0.15, 0.2) is 60.7 Å². The summed E-state index contributed by atoms with van der Waals surface area (Å²) in [4.78, 5) is 0. The van der Waals surface area contributed by atoms with Crippen LogP contribution in [0, 0.1) is 0 Å². The summed E-state index contributed by atoms with van der Waals surface area (Å²) < 4.78 is 5.53. The van der Waals surface area contributed by atoms with E-state index in [9.17, 15) is 0 Å². The predicted octanol–water partition coefficient (Wildman–Crippen LogP) is 5.96. The van der Waals surface area contributed by atoms with Crippen LogP contribution in [-0.4, -0.2) is 45.9 Å². The van der Waals surface area contributed by atoms with E-state index < -0.39 is 7.42 Å². The quantitative estimate of drug-likeness (QED) is 0.279. The molecule has 1 aliphatic rings. The van der Waals surface area contributed by atoms with E-state index in [1.807, 2.05) is 7.05 Å². The van der Waals surface area contributed by atoms with Gasteiger partial charge in [-0.1, -0.05) is 60.7 Å². The Morgan fingerprint density at radius 3 is 1.74 bits per heavy atom. The smallest absolute Gasteiger partial charge is 0.166 e. The Morgan fingerprint density at radius 1 is 0.903 bits per heavy atom. The molecule has 2 atom stereocenters. The van der Waals surface area contributed by atoms with Crippen molar-refractivity contribution in [3.8, 4) is 0 Å². The number of nitrogens with one attached hydrogen (secondary N) is 2. The van der Waals surface area contributed by atoms with Crippen LogP contribution in [0.4, 0.5) is 0 Å². The van der Waals surface area contributed by atoms with E-state index in [2.05, 4.69) is 120 Å². The fraction of sp³-hybridized carbons (Fsp3) is 0.458. The molecule has 2 aromatic carbocycles. The maximum Gasteiger partial charge on any atom is 0.166 e. The van der Waals surface area contributed by atoms with Crippen LogP contribution in [0.1, 0.15) is 50.9 Å². The van der Waals surface area contributed by atoms with Gasteiger partial charge in [-0.15, -0.1) is 11.4 Å². The number of hydrogen-bond acceptors (Lipinski definition) is 4. The first-order chi connectivity index (χ1) is 15.0. The van der Waals surface area contributed by atoms with Crippen LogP contribution in [-0.2, 0) is 0 Å². The molecule has 31 heavy (non-hydrogen) atoms. The van der Waals surface area contributed by atoms with Crippen LogP contribution in [0.3, 0.4) is 0 Å². The van der Waals surface area contributed by atoms with Gasteiger partial charge in [-0.05, 0) is 51.0 Å². The minimum Gasteiger partial charge on any atom is -0.366 e. The summed E-state index contributed by atoms with van der Waals surface area (Å²) in [5.41, 5.74) is 2.80. The topological polar surface area (TPSA) is 30.5 Å². The summed E-state index contributed by atoms with van der Waals surface area (Å²) in [5, 5.41) is 7.02. The fourth-order valence-electron chi connectivity index (χ4n) is 4.14. The summed E-state index contributed by atoms with van der Waals surface area (Å²) >= 11 is 7.32. The molecule has 0 aliphatic carbocycles. The van der Waals surface area contributed by atoms with Gasteiger partial charge in [0.25, 0.3) is 0 Å². The van der Waals surface area contributed by atoms with Crippen molar-refractivity contribution in [2.24, 2.45) is 0 Å². The first-order valence-corrected chi connectivity index (χ1v) is 14.2. The maximum atomic E-state index is 5.25. The molecule has 0 spiro atoms. The van der Waals surface area contributed by atoms with Gasteiger partial charge in [0, 0.05) is 31.4 Å². The summed E-state index contributed by atoms with van der Waals surface area (Å²) in [6.07, 6.45) is 0. The van der Waals surface area contributed by atoms with Crippen LogP contribution in [0.25, 0.3) is 0 Å². The molecule has 2 aromatic rings. The van der Waals surface area contributed by atoms with Crippen molar-refractivity contribution >= 4 is 36.1 Å². The third-order valence-electron chi connectivity index (χ3n) is 5.43. The average Bonchev–Trinajstić information content (AvgIpc) is 3.13. The third kappa shape index (κ3) is 5.80. The minimum atomic E-state index is -0.532. The molecule has 0 unspecified atom stereocenters. The molecule has 3 rings (SSSR count). The van der Waals surface area contributed by atoms with Gasteiger partial charge < -0.3 is 10.6 Å². The second-order valence-electron chi connectivity index (χ2n) is 8.25. The Bertz CT molecular complexity index is 761. The van der Waals surface area contributed by atoms with Crippen molar-refractivity contribution in [3.63, 3.8) is 0 Å². The highest BCUT2D eigenvalue weighted by molar-refractivity contribution is 8.54. The second-order valence-corrected chi connectivity index (χ2v) is 12.5. The standard InChI is InChI=1S/C24H35N4PS2/c1-18(2)27-22(20-12-8-6-9-13-20)23(21-14-10-7-11-15-21)28(19(3)4)29(27)31-17-16-26-24(30)25-5/h6-15,18-19,22-23H,16-17H2,1-5H3,(H2,25,26,30)/t22-,23-/m1/s1. The molecule has 2 N–H and O–H groups in total.